The summed E-state index contributed by atoms with van der Waals surface area (Å²) < 4.78 is 0. The molecule has 0 heterocycles. The number of hydrogen-bond acceptors (Lipinski definition) is 0. The molecule has 0 aliphatic heterocycles. The third-order valence-corrected chi connectivity index (χ3v) is 3.89. The van der Waals surface area contributed by atoms with Crippen LogP contribution >= 0.6 is 17.0 Å². The molecule has 126 valence electrons. The van der Waals surface area contributed by atoms with Gasteiger partial charge in [-0.25, -0.2) is 18.6 Å². The smallest absolute Gasteiger partial charge is 0.0533 e. The van der Waals surface area contributed by atoms with Crippen LogP contribution in [0.15, 0.2) is 48.5 Å². The maximum atomic E-state index is 4.93. The average Bonchev–Trinajstić information content (AvgIpc) is 3.20. The molecule has 0 atom stereocenters. The predicted molar refractivity (Wildman–Crippen MR) is 95.5 cm³/mol. The van der Waals surface area contributed by atoms with Gasteiger partial charge in [-0.05, 0) is 0 Å². The van der Waals surface area contributed by atoms with Gasteiger partial charge in [0.2, 0.25) is 0 Å². The summed E-state index contributed by atoms with van der Waals surface area (Å²) in [5.74, 6) is 0. The molecule has 0 fully saturated rings. The Hall–Kier alpha value is 0.163. The molecule has 0 aromatic heterocycles. The van der Waals surface area contributed by atoms with Gasteiger partial charge in [0.15, 0.2) is 0 Å². The summed E-state index contributed by atoms with van der Waals surface area (Å²) in [5, 5.41) is 0. The zero-order valence-electron chi connectivity index (χ0n) is 13.2. The zero-order chi connectivity index (χ0) is 15.9. The Morgan fingerprint density at radius 2 is 1.18 bits per heavy atom. The second kappa shape index (κ2) is 14.7. The molecule has 3 heteroatoms. The molecule has 0 spiro atoms. The van der Waals surface area contributed by atoms with Gasteiger partial charge in [-0.2, -0.15) is 17.7 Å². The summed E-state index contributed by atoms with van der Waals surface area (Å²) in [7, 11) is 9.87. The summed E-state index contributed by atoms with van der Waals surface area (Å²) in [5.41, 5.74) is 3.02. The van der Waals surface area contributed by atoms with Crippen LogP contribution in [0, 0.1) is 0 Å². The first-order chi connectivity index (χ1) is 10.9. The summed E-state index contributed by atoms with van der Waals surface area (Å²) in [6, 6.07) is 17.5. The number of unbranched alkanes of at least 4 members (excludes halogenated alkanes) is 6. The zero-order valence-corrected chi connectivity index (χ0v) is 17.2. The van der Waals surface area contributed by atoms with Crippen LogP contribution in [0.4, 0.5) is 0 Å². The fourth-order valence-electron chi connectivity index (χ4n) is 2.70. The van der Waals surface area contributed by atoms with Gasteiger partial charge < -0.3 is 29.8 Å². The maximum absolute atomic E-state index is 4.93. The molecule has 0 unspecified atom stereocenters. The van der Waals surface area contributed by atoms with E-state index in [1.165, 1.54) is 68.9 Å². The molecule has 2 aromatic rings. The molecule has 0 radical (unpaired) electrons. The van der Waals surface area contributed by atoms with Gasteiger partial charge in [0, 0.05) is 0 Å². The Morgan fingerprint density at radius 3 is 1.73 bits per heavy atom. The topological polar surface area (TPSA) is 0 Å². The largest absolute Gasteiger partial charge is 0.748 e. The van der Waals surface area contributed by atoms with Crippen molar-refractivity contribution in [3.63, 3.8) is 0 Å². The predicted octanol–water partition coefficient (Wildman–Crippen LogP) is 7.02. The van der Waals surface area contributed by atoms with E-state index in [-0.39, 0.29) is 0 Å². The van der Waals surface area contributed by atoms with E-state index < -0.39 is 20.8 Å². The first kappa shape index (κ1) is 20.2. The third-order valence-electron chi connectivity index (χ3n) is 3.89. The van der Waals surface area contributed by atoms with E-state index in [9.17, 15) is 0 Å². The number of halogens is 2. The molecular formula is C19H26Cl2Zr-6. The molecule has 0 aliphatic carbocycles. The van der Waals surface area contributed by atoms with Crippen LogP contribution in [0.1, 0.15) is 56.1 Å². The molecule has 0 nitrogen and oxygen atoms in total. The second-order valence-electron chi connectivity index (χ2n) is 5.63. The fraction of sp³-hybridized carbons (Fsp3) is 0.474. The minimum absolute atomic E-state index is 0.826. The van der Waals surface area contributed by atoms with Crippen molar-refractivity contribution < 1.29 is 20.8 Å². The van der Waals surface area contributed by atoms with Crippen LogP contribution < -0.4 is 0 Å². The maximum Gasteiger partial charge on any atom is -0.0533 e. The van der Waals surface area contributed by atoms with Crippen molar-refractivity contribution in [3.05, 3.63) is 59.7 Å². The quantitative estimate of drug-likeness (QED) is 0.288. The Morgan fingerprint density at radius 1 is 0.727 bits per heavy atom. The Bertz CT molecular complexity index is 380. The van der Waals surface area contributed by atoms with Crippen LogP contribution in [0.5, 0.6) is 0 Å². The Kier molecular flexibility index (Phi) is 13.5. The monoisotopic (exact) mass is 414 g/mol. The van der Waals surface area contributed by atoms with Gasteiger partial charge in [-0.3, -0.25) is 0 Å². The molecule has 0 bridgehead atoms. The number of hydrogen-bond donors (Lipinski definition) is 0. The Labute approximate surface area is 154 Å². The summed E-state index contributed by atoms with van der Waals surface area (Å²) >= 11 is -0.826. The summed E-state index contributed by atoms with van der Waals surface area (Å²) in [4.78, 5) is 0. The number of aryl methyl sites for hydroxylation is 2. The van der Waals surface area contributed by atoms with Gasteiger partial charge in [0.05, 0.1) is 0 Å². The molecule has 0 aliphatic rings. The second-order valence-corrected chi connectivity index (χ2v) is 9.36. The van der Waals surface area contributed by atoms with Crippen LogP contribution in [0.2, 0.25) is 0 Å². The molecule has 0 saturated heterocycles. The molecule has 0 amide bonds. The van der Waals surface area contributed by atoms with Crippen molar-refractivity contribution in [3.8, 4) is 0 Å². The minimum Gasteiger partial charge on any atom is -0.748 e. The van der Waals surface area contributed by atoms with Gasteiger partial charge in [-0.15, -0.1) is 0 Å². The van der Waals surface area contributed by atoms with E-state index >= 15 is 0 Å². The molecular weight excluding hydrogens is 390 g/mol. The third kappa shape index (κ3) is 10.8. The van der Waals surface area contributed by atoms with Gasteiger partial charge in [-0.1, -0.05) is 51.4 Å². The van der Waals surface area contributed by atoms with Gasteiger partial charge in [0.1, 0.15) is 0 Å². The van der Waals surface area contributed by atoms with Crippen molar-refractivity contribution in [1.29, 1.82) is 0 Å². The van der Waals surface area contributed by atoms with Gasteiger partial charge >= 0.3 is 37.9 Å². The first-order valence-electron chi connectivity index (χ1n) is 8.24. The van der Waals surface area contributed by atoms with E-state index in [1.54, 1.807) is 0 Å². The summed E-state index contributed by atoms with van der Waals surface area (Å²) in [6.07, 6.45) is 12.3. The molecule has 0 saturated carbocycles. The minimum atomic E-state index is -0.826. The van der Waals surface area contributed by atoms with Crippen LogP contribution in [-0.4, -0.2) is 0 Å². The average molecular weight is 417 g/mol. The van der Waals surface area contributed by atoms with Crippen molar-refractivity contribution in [2.24, 2.45) is 0 Å². The molecule has 2 rings (SSSR count). The fourth-order valence-corrected chi connectivity index (χ4v) is 2.70. The van der Waals surface area contributed by atoms with E-state index in [2.05, 4.69) is 48.5 Å². The molecule has 0 N–H and O–H groups in total. The standard InChI is InChI=1S/C19H26.2ClH.Zr/c1(2-4-6-12-18-14-8-9-15-18)3-5-7-13-19-16-10-11-17-19;;;/h8-11,14-17H,1-7,12-13H2;2*1H;/q-6;;;+2/p-2. The van der Waals surface area contributed by atoms with Gasteiger partial charge in [0.25, 0.3) is 0 Å². The van der Waals surface area contributed by atoms with Crippen LogP contribution in [0.25, 0.3) is 0 Å². The van der Waals surface area contributed by atoms with Crippen molar-refractivity contribution in [2.75, 3.05) is 0 Å². The van der Waals surface area contributed by atoms with Crippen molar-refractivity contribution in [2.45, 2.75) is 57.8 Å². The molecule has 22 heavy (non-hydrogen) atoms. The normalized spacial score (nSPS) is 10.1. The van der Waals surface area contributed by atoms with E-state index in [0.717, 1.165) is 0 Å². The van der Waals surface area contributed by atoms with E-state index in [4.69, 9.17) is 17.0 Å². The van der Waals surface area contributed by atoms with E-state index in [1.807, 2.05) is 0 Å². The van der Waals surface area contributed by atoms with Crippen molar-refractivity contribution >= 4 is 17.0 Å². The first-order valence-corrected chi connectivity index (χ1v) is 14.6. The number of rotatable bonds is 10. The SMILES string of the molecule is [Cl][Zr][Cl].c1cc[c-](CCCCCCCCC[c-]2[cH-][cH-][cH-][cH-]2)c1. The van der Waals surface area contributed by atoms with E-state index in [0.29, 0.717) is 0 Å². The van der Waals surface area contributed by atoms with Crippen molar-refractivity contribution in [1.82, 2.24) is 0 Å². The Balaban J connectivity index is 0.000000745. The molecule has 2 aromatic carbocycles. The summed E-state index contributed by atoms with van der Waals surface area (Å²) in [6.45, 7) is 0. The van der Waals surface area contributed by atoms with Crippen LogP contribution in [-0.2, 0) is 33.7 Å². The van der Waals surface area contributed by atoms with Crippen LogP contribution in [0.3, 0.4) is 0 Å².